The molecule has 3 aromatic rings. The first-order valence-electron chi connectivity index (χ1n) is 8.76. The highest BCUT2D eigenvalue weighted by molar-refractivity contribution is 5.53. The van der Waals surface area contributed by atoms with Crippen LogP contribution in [0.15, 0.2) is 42.7 Å². The van der Waals surface area contributed by atoms with Crippen molar-refractivity contribution in [2.45, 2.75) is 32.2 Å². The molecule has 25 heavy (non-hydrogen) atoms. The van der Waals surface area contributed by atoms with E-state index in [1.54, 1.807) is 12.4 Å². The van der Waals surface area contributed by atoms with Crippen LogP contribution < -0.4 is 0 Å². The number of aryl methyl sites for hydroxylation is 1. The Balaban J connectivity index is 1.38. The molecule has 0 atom stereocenters. The molecule has 0 aliphatic carbocycles. The van der Waals surface area contributed by atoms with Gasteiger partial charge in [-0.3, -0.25) is 20.0 Å². The second-order valence-electron chi connectivity index (χ2n) is 6.55. The fourth-order valence-corrected chi connectivity index (χ4v) is 3.34. The summed E-state index contributed by atoms with van der Waals surface area (Å²) < 4.78 is 0. The predicted molar refractivity (Wildman–Crippen MR) is 95.8 cm³/mol. The van der Waals surface area contributed by atoms with Crippen LogP contribution in [0, 0.1) is 6.92 Å². The Hall–Kier alpha value is -2.60. The number of H-pyrrole nitrogens is 1. The molecule has 0 unspecified atom stereocenters. The molecule has 1 aliphatic heterocycles. The Labute approximate surface area is 147 Å². The maximum Gasteiger partial charge on any atom is 0.181 e. The van der Waals surface area contributed by atoms with E-state index in [0.717, 1.165) is 61.1 Å². The molecular formula is C19H22N6. The van der Waals surface area contributed by atoms with Crippen LogP contribution in [-0.2, 0) is 6.54 Å². The van der Waals surface area contributed by atoms with Gasteiger partial charge in [0.25, 0.3) is 0 Å². The van der Waals surface area contributed by atoms with Crippen molar-refractivity contribution in [3.63, 3.8) is 0 Å². The molecule has 6 heteroatoms. The van der Waals surface area contributed by atoms with Crippen molar-refractivity contribution in [2.75, 3.05) is 13.1 Å². The zero-order chi connectivity index (χ0) is 17.1. The van der Waals surface area contributed by atoms with E-state index in [1.165, 1.54) is 0 Å². The van der Waals surface area contributed by atoms with Crippen LogP contribution in [0.25, 0.3) is 11.4 Å². The van der Waals surface area contributed by atoms with Crippen molar-refractivity contribution in [1.29, 1.82) is 0 Å². The highest BCUT2D eigenvalue weighted by atomic mass is 15.2. The van der Waals surface area contributed by atoms with Crippen molar-refractivity contribution < 1.29 is 0 Å². The minimum Gasteiger partial charge on any atom is -0.297 e. The molecule has 0 amide bonds. The topological polar surface area (TPSA) is 70.6 Å². The van der Waals surface area contributed by atoms with Gasteiger partial charge in [0.15, 0.2) is 5.82 Å². The molecule has 1 aliphatic rings. The standard InChI is InChI=1S/C19H22N6/c1-14-17(21-10-9-20-14)13-25-11-7-16(8-12-25)19-22-18(23-24-19)15-5-3-2-4-6-15/h2-6,9-10,16H,7-8,11-13H2,1H3,(H,22,23,24). The van der Waals surface area contributed by atoms with Gasteiger partial charge in [-0.2, -0.15) is 5.10 Å². The van der Waals surface area contributed by atoms with E-state index in [9.17, 15) is 0 Å². The lowest BCUT2D eigenvalue weighted by Gasteiger charge is -2.30. The molecule has 2 aromatic heterocycles. The molecule has 0 spiro atoms. The first kappa shape index (κ1) is 15.9. The van der Waals surface area contributed by atoms with Gasteiger partial charge >= 0.3 is 0 Å². The van der Waals surface area contributed by atoms with Gasteiger partial charge < -0.3 is 0 Å². The molecule has 1 aromatic carbocycles. The largest absolute Gasteiger partial charge is 0.297 e. The average Bonchev–Trinajstić information content (AvgIpc) is 3.15. The lowest BCUT2D eigenvalue weighted by molar-refractivity contribution is 0.199. The fourth-order valence-electron chi connectivity index (χ4n) is 3.34. The van der Waals surface area contributed by atoms with Gasteiger partial charge in [-0.05, 0) is 32.9 Å². The van der Waals surface area contributed by atoms with Crippen molar-refractivity contribution in [1.82, 2.24) is 30.0 Å². The van der Waals surface area contributed by atoms with E-state index in [2.05, 4.69) is 25.1 Å². The lowest BCUT2D eigenvalue weighted by atomic mass is 9.96. The number of nitrogens with zero attached hydrogens (tertiary/aromatic N) is 5. The molecule has 1 saturated heterocycles. The number of nitrogens with one attached hydrogen (secondary N) is 1. The van der Waals surface area contributed by atoms with Crippen molar-refractivity contribution in [2.24, 2.45) is 0 Å². The number of rotatable bonds is 4. The summed E-state index contributed by atoms with van der Waals surface area (Å²) in [7, 11) is 0. The van der Waals surface area contributed by atoms with Gasteiger partial charge in [-0.1, -0.05) is 30.3 Å². The summed E-state index contributed by atoms with van der Waals surface area (Å²) in [5.74, 6) is 2.24. The van der Waals surface area contributed by atoms with Crippen LogP contribution in [0.3, 0.4) is 0 Å². The summed E-state index contributed by atoms with van der Waals surface area (Å²) in [6.07, 6.45) is 5.69. The zero-order valence-corrected chi connectivity index (χ0v) is 14.4. The summed E-state index contributed by atoms with van der Waals surface area (Å²) in [6, 6.07) is 10.1. The van der Waals surface area contributed by atoms with E-state index in [4.69, 9.17) is 4.98 Å². The Morgan fingerprint density at radius 3 is 2.60 bits per heavy atom. The van der Waals surface area contributed by atoms with E-state index in [0.29, 0.717) is 5.92 Å². The van der Waals surface area contributed by atoms with Crippen LogP contribution >= 0.6 is 0 Å². The molecule has 128 valence electrons. The van der Waals surface area contributed by atoms with Gasteiger partial charge in [0.1, 0.15) is 5.82 Å². The number of hydrogen-bond acceptors (Lipinski definition) is 5. The predicted octanol–water partition coefficient (Wildman–Crippen LogP) is 2.95. The molecular weight excluding hydrogens is 312 g/mol. The number of hydrogen-bond donors (Lipinski definition) is 1. The van der Waals surface area contributed by atoms with Crippen molar-refractivity contribution in [3.05, 3.63) is 59.9 Å². The maximum atomic E-state index is 4.72. The summed E-state index contributed by atoms with van der Waals surface area (Å²) in [5.41, 5.74) is 3.15. The summed E-state index contributed by atoms with van der Waals surface area (Å²) >= 11 is 0. The highest BCUT2D eigenvalue weighted by Gasteiger charge is 2.24. The Morgan fingerprint density at radius 1 is 1.08 bits per heavy atom. The van der Waals surface area contributed by atoms with Gasteiger partial charge in [0, 0.05) is 30.4 Å². The third-order valence-corrected chi connectivity index (χ3v) is 4.87. The third-order valence-electron chi connectivity index (χ3n) is 4.87. The molecule has 1 N–H and O–H groups in total. The Kier molecular flexibility index (Phi) is 4.52. The molecule has 1 fully saturated rings. The lowest BCUT2D eigenvalue weighted by Crippen LogP contribution is -2.33. The van der Waals surface area contributed by atoms with Gasteiger partial charge in [0.05, 0.1) is 11.4 Å². The monoisotopic (exact) mass is 334 g/mol. The van der Waals surface area contributed by atoms with Crippen LogP contribution in [0.1, 0.15) is 36.0 Å². The number of aromatic nitrogens is 5. The molecule has 6 nitrogen and oxygen atoms in total. The minimum atomic E-state index is 0.448. The molecule has 0 radical (unpaired) electrons. The van der Waals surface area contributed by atoms with Gasteiger partial charge in [0.2, 0.25) is 0 Å². The Morgan fingerprint density at radius 2 is 1.84 bits per heavy atom. The van der Waals surface area contributed by atoms with Crippen LogP contribution in [0.2, 0.25) is 0 Å². The van der Waals surface area contributed by atoms with Crippen LogP contribution in [0.4, 0.5) is 0 Å². The molecule has 0 bridgehead atoms. The third kappa shape index (κ3) is 3.58. The maximum absolute atomic E-state index is 4.72. The number of likely N-dealkylation sites (tertiary alicyclic amines) is 1. The van der Waals surface area contributed by atoms with Gasteiger partial charge in [-0.25, -0.2) is 4.98 Å². The summed E-state index contributed by atoms with van der Waals surface area (Å²) in [6.45, 7) is 4.98. The van der Waals surface area contributed by atoms with E-state index in [1.807, 2.05) is 37.3 Å². The van der Waals surface area contributed by atoms with E-state index < -0.39 is 0 Å². The normalized spacial score (nSPS) is 16.2. The van der Waals surface area contributed by atoms with Gasteiger partial charge in [-0.15, -0.1) is 0 Å². The quantitative estimate of drug-likeness (QED) is 0.794. The van der Waals surface area contributed by atoms with Crippen LogP contribution in [0.5, 0.6) is 0 Å². The number of benzene rings is 1. The average molecular weight is 334 g/mol. The minimum absolute atomic E-state index is 0.448. The van der Waals surface area contributed by atoms with E-state index in [-0.39, 0.29) is 0 Å². The van der Waals surface area contributed by atoms with Crippen LogP contribution in [-0.4, -0.2) is 43.1 Å². The molecule has 4 rings (SSSR count). The molecule has 0 saturated carbocycles. The number of aromatic amines is 1. The first-order valence-corrected chi connectivity index (χ1v) is 8.76. The van der Waals surface area contributed by atoms with Crippen molar-refractivity contribution in [3.8, 4) is 11.4 Å². The summed E-state index contributed by atoms with van der Waals surface area (Å²) in [5, 5.41) is 7.54. The van der Waals surface area contributed by atoms with E-state index >= 15 is 0 Å². The second-order valence-corrected chi connectivity index (χ2v) is 6.55. The highest BCUT2D eigenvalue weighted by Crippen LogP contribution is 2.27. The Bertz CT molecular complexity index is 821. The second kappa shape index (κ2) is 7.11. The number of piperidine rings is 1. The smallest absolute Gasteiger partial charge is 0.181 e. The fraction of sp³-hybridized carbons (Fsp3) is 0.368. The SMILES string of the molecule is Cc1nccnc1CN1CCC(c2nc(-c3ccccc3)n[nH]2)CC1. The zero-order valence-electron chi connectivity index (χ0n) is 14.4. The molecule has 3 heterocycles. The summed E-state index contributed by atoms with van der Waals surface area (Å²) in [4.78, 5) is 15.9. The first-order chi connectivity index (χ1) is 12.3. The van der Waals surface area contributed by atoms with Crippen molar-refractivity contribution >= 4 is 0 Å².